The van der Waals surface area contributed by atoms with Crippen molar-refractivity contribution in [3.63, 3.8) is 0 Å². The fourth-order valence-corrected chi connectivity index (χ4v) is 3.12. The number of para-hydroxylation sites is 1. The number of benzene rings is 2. The molecule has 0 saturated carbocycles. The Hall–Kier alpha value is -3.20. The fourth-order valence-electron chi connectivity index (χ4n) is 2.53. The number of carbonyl (C=O) groups is 2. The first kappa shape index (κ1) is 20.5. The molecule has 0 saturated heterocycles. The van der Waals surface area contributed by atoms with Crippen LogP contribution in [0.25, 0.3) is 11.5 Å². The maximum atomic E-state index is 13.0. The number of aromatic nitrogens is 2. The highest BCUT2D eigenvalue weighted by Gasteiger charge is 2.13. The maximum Gasteiger partial charge on any atom is 0.277 e. The number of amides is 2. The molecule has 1 heterocycles. The largest absolute Gasteiger partial charge is 0.411 e. The van der Waals surface area contributed by atoms with Crippen molar-refractivity contribution >= 4 is 29.3 Å². The van der Waals surface area contributed by atoms with Crippen LogP contribution in [-0.4, -0.2) is 34.3 Å². The number of nitrogens with zero attached hydrogens (tertiary/aromatic N) is 2. The number of halogens is 1. The molecule has 0 spiro atoms. The van der Waals surface area contributed by atoms with Gasteiger partial charge in [0.25, 0.3) is 5.22 Å². The van der Waals surface area contributed by atoms with Gasteiger partial charge in [0.05, 0.1) is 12.3 Å². The monoisotopic (exact) mass is 414 g/mol. The molecule has 0 aliphatic rings. The second-order valence-corrected chi connectivity index (χ2v) is 7.19. The van der Waals surface area contributed by atoms with E-state index in [1.165, 1.54) is 24.3 Å². The van der Waals surface area contributed by atoms with E-state index in [0.29, 0.717) is 5.56 Å². The predicted octanol–water partition coefficient (Wildman–Crippen LogP) is 3.34. The SMILES string of the molecule is Cc1cccc(C)c1NC(=O)CNC(=O)CSc1nnc(-c2ccc(F)cc2)o1. The molecule has 0 fully saturated rings. The van der Waals surface area contributed by atoms with Gasteiger partial charge in [0, 0.05) is 11.3 Å². The lowest BCUT2D eigenvalue weighted by atomic mass is 10.1. The zero-order valence-electron chi connectivity index (χ0n) is 15.9. The van der Waals surface area contributed by atoms with Gasteiger partial charge in [-0.25, -0.2) is 4.39 Å². The number of carbonyl (C=O) groups excluding carboxylic acids is 2. The Balaban J connectivity index is 1.45. The normalized spacial score (nSPS) is 10.6. The van der Waals surface area contributed by atoms with Gasteiger partial charge in [0.15, 0.2) is 0 Å². The minimum absolute atomic E-state index is 0.0156. The summed E-state index contributed by atoms with van der Waals surface area (Å²) < 4.78 is 18.4. The van der Waals surface area contributed by atoms with Crippen molar-refractivity contribution in [3.05, 3.63) is 59.4 Å². The van der Waals surface area contributed by atoms with Crippen LogP contribution in [0.3, 0.4) is 0 Å². The molecule has 0 atom stereocenters. The summed E-state index contributed by atoms with van der Waals surface area (Å²) in [4.78, 5) is 24.1. The van der Waals surface area contributed by atoms with Crippen molar-refractivity contribution in [2.24, 2.45) is 0 Å². The van der Waals surface area contributed by atoms with Crippen LogP contribution >= 0.6 is 11.8 Å². The van der Waals surface area contributed by atoms with Gasteiger partial charge in [0.1, 0.15) is 5.82 Å². The highest BCUT2D eigenvalue weighted by Crippen LogP contribution is 2.23. The smallest absolute Gasteiger partial charge is 0.277 e. The molecule has 3 rings (SSSR count). The van der Waals surface area contributed by atoms with Gasteiger partial charge in [-0.3, -0.25) is 9.59 Å². The van der Waals surface area contributed by atoms with Crippen molar-refractivity contribution in [2.45, 2.75) is 19.1 Å². The molecule has 0 aliphatic carbocycles. The molecule has 0 radical (unpaired) electrons. The lowest BCUT2D eigenvalue weighted by molar-refractivity contribution is -0.122. The van der Waals surface area contributed by atoms with Crippen molar-refractivity contribution in [3.8, 4) is 11.5 Å². The van der Waals surface area contributed by atoms with Crippen LogP contribution in [-0.2, 0) is 9.59 Å². The zero-order valence-corrected chi connectivity index (χ0v) is 16.7. The molecule has 150 valence electrons. The average molecular weight is 414 g/mol. The number of hydrogen-bond donors (Lipinski definition) is 2. The molecule has 29 heavy (non-hydrogen) atoms. The van der Waals surface area contributed by atoms with Crippen molar-refractivity contribution in [1.82, 2.24) is 15.5 Å². The summed E-state index contributed by atoms with van der Waals surface area (Å²) in [5.74, 6) is -0.755. The number of rotatable bonds is 7. The number of nitrogens with one attached hydrogen (secondary N) is 2. The van der Waals surface area contributed by atoms with Crippen LogP contribution in [0.15, 0.2) is 52.1 Å². The molecule has 7 nitrogen and oxygen atoms in total. The van der Waals surface area contributed by atoms with Crippen LogP contribution in [0.2, 0.25) is 0 Å². The van der Waals surface area contributed by atoms with Gasteiger partial charge >= 0.3 is 0 Å². The van der Waals surface area contributed by atoms with Gasteiger partial charge in [-0.15, -0.1) is 10.2 Å². The van der Waals surface area contributed by atoms with E-state index in [0.717, 1.165) is 28.6 Å². The standard InChI is InChI=1S/C20H19FN4O3S/c1-12-4-3-5-13(2)18(12)23-16(26)10-22-17(27)11-29-20-25-24-19(28-20)14-6-8-15(21)9-7-14/h3-9H,10-11H2,1-2H3,(H,22,27)(H,23,26). The van der Waals surface area contributed by atoms with Crippen LogP contribution in [0.5, 0.6) is 0 Å². The first-order chi connectivity index (χ1) is 13.9. The van der Waals surface area contributed by atoms with E-state index >= 15 is 0 Å². The summed E-state index contributed by atoms with van der Waals surface area (Å²) in [7, 11) is 0. The highest BCUT2D eigenvalue weighted by molar-refractivity contribution is 7.99. The first-order valence-corrected chi connectivity index (χ1v) is 9.76. The highest BCUT2D eigenvalue weighted by atomic mass is 32.2. The van der Waals surface area contributed by atoms with Gasteiger partial charge in [-0.05, 0) is 49.2 Å². The van der Waals surface area contributed by atoms with E-state index in [4.69, 9.17) is 4.42 Å². The number of aryl methyl sites for hydroxylation is 2. The third-order valence-corrected chi connectivity index (χ3v) is 4.83. The molecule has 1 aromatic heterocycles. The summed E-state index contributed by atoms with van der Waals surface area (Å²) in [6, 6.07) is 11.4. The summed E-state index contributed by atoms with van der Waals surface area (Å²) in [6.45, 7) is 3.67. The van der Waals surface area contributed by atoms with E-state index in [9.17, 15) is 14.0 Å². The molecular weight excluding hydrogens is 395 g/mol. The maximum absolute atomic E-state index is 13.0. The topological polar surface area (TPSA) is 97.1 Å². The number of hydrogen-bond acceptors (Lipinski definition) is 6. The van der Waals surface area contributed by atoms with Gasteiger partial charge in [0.2, 0.25) is 17.7 Å². The van der Waals surface area contributed by atoms with E-state index in [1.54, 1.807) is 0 Å². The lowest BCUT2D eigenvalue weighted by Crippen LogP contribution is -2.34. The summed E-state index contributed by atoms with van der Waals surface area (Å²) in [5.41, 5.74) is 3.24. The molecule has 2 amide bonds. The second-order valence-electron chi connectivity index (χ2n) is 6.26. The molecule has 9 heteroatoms. The summed E-state index contributed by atoms with van der Waals surface area (Å²) >= 11 is 1.05. The van der Waals surface area contributed by atoms with E-state index in [-0.39, 0.29) is 41.0 Å². The van der Waals surface area contributed by atoms with E-state index < -0.39 is 0 Å². The number of anilines is 1. The third-order valence-electron chi connectivity index (χ3n) is 4.02. The Kier molecular flexibility index (Phi) is 6.61. The minimum Gasteiger partial charge on any atom is -0.411 e. The fraction of sp³-hybridized carbons (Fsp3) is 0.200. The van der Waals surface area contributed by atoms with Gasteiger partial charge < -0.3 is 15.1 Å². The molecule has 3 aromatic rings. The first-order valence-electron chi connectivity index (χ1n) is 8.77. The Morgan fingerprint density at radius 1 is 1.03 bits per heavy atom. The van der Waals surface area contributed by atoms with Crippen LogP contribution in [0.1, 0.15) is 11.1 Å². The lowest BCUT2D eigenvalue weighted by Gasteiger charge is -2.11. The van der Waals surface area contributed by atoms with Gasteiger partial charge in [-0.2, -0.15) is 0 Å². The Bertz CT molecular complexity index is 1000. The molecule has 0 bridgehead atoms. The Labute approximate surface area is 171 Å². The third kappa shape index (κ3) is 5.64. The minimum atomic E-state index is -0.360. The van der Waals surface area contributed by atoms with Crippen LogP contribution in [0, 0.1) is 19.7 Å². The summed E-state index contributed by atoms with van der Waals surface area (Å²) in [6.07, 6.45) is 0. The molecule has 2 N–H and O–H groups in total. The van der Waals surface area contributed by atoms with Crippen molar-refractivity contribution in [2.75, 3.05) is 17.6 Å². The molecule has 0 unspecified atom stereocenters. The van der Waals surface area contributed by atoms with Crippen molar-refractivity contribution in [1.29, 1.82) is 0 Å². The molecule has 0 aliphatic heterocycles. The van der Waals surface area contributed by atoms with Crippen molar-refractivity contribution < 1.29 is 18.4 Å². The molecule has 2 aromatic carbocycles. The molecular formula is C20H19FN4O3S. The second kappa shape index (κ2) is 9.33. The Morgan fingerprint density at radius 2 is 1.72 bits per heavy atom. The average Bonchev–Trinajstić information content (AvgIpc) is 3.17. The van der Waals surface area contributed by atoms with Crippen LogP contribution < -0.4 is 10.6 Å². The van der Waals surface area contributed by atoms with E-state index in [2.05, 4.69) is 20.8 Å². The van der Waals surface area contributed by atoms with Crippen LogP contribution in [0.4, 0.5) is 10.1 Å². The quantitative estimate of drug-likeness (QED) is 0.576. The Morgan fingerprint density at radius 3 is 2.41 bits per heavy atom. The zero-order chi connectivity index (χ0) is 20.8. The number of thioether (sulfide) groups is 1. The van der Waals surface area contributed by atoms with Gasteiger partial charge in [-0.1, -0.05) is 30.0 Å². The predicted molar refractivity (Wildman–Crippen MR) is 108 cm³/mol. The summed E-state index contributed by atoms with van der Waals surface area (Å²) in [5, 5.41) is 13.3. The van der Waals surface area contributed by atoms with E-state index in [1.807, 2.05) is 32.0 Å².